The summed E-state index contributed by atoms with van der Waals surface area (Å²) in [5, 5.41) is 3.12. The molecule has 1 aliphatic heterocycles. The highest BCUT2D eigenvalue weighted by Gasteiger charge is 2.28. The number of para-hydroxylation sites is 1. The van der Waals surface area contributed by atoms with Crippen molar-refractivity contribution >= 4 is 11.6 Å². The van der Waals surface area contributed by atoms with E-state index in [1.54, 1.807) is 0 Å². The molecule has 0 bridgehead atoms. The number of amides is 1. The number of aryl methyl sites for hydroxylation is 2. The molecule has 1 aliphatic rings. The van der Waals surface area contributed by atoms with Crippen molar-refractivity contribution in [2.24, 2.45) is 0 Å². The average Bonchev–Trinajstić information content (AvgIpc) is 2.44. The Balaban J connectivity index is 2.12. The van der Waals surface area contributed by atoms with Gasteiger partial charge in [0.25, 0.3) is 0 Å². The molecule has 1 atom stereocenters. The second-order valence-corrected chi connectivity index (χ2v) is 5.55. The topological polar surface area (TPSA) is 32.3 Å². The molecule has 0 saturated carbocycles. The van der Waals surface area contributed by atoms with Crippen LogP contribution in [0.15, 0.2) is 30.9 Å². The second-order valence-electron chi connectivity index (χ2n) is 5.55. The largest absolute Gasteiger partial charge is 0.324 e. The molecular formula is C17H24N2O. The van der Waals surface area contributed by atoms with Crippen molar-refractivity contribution in [1.29, 1.82) is 0 Å². The van der Waals surface area contributed by atoms with Gasteiger partial charge in [-0.05, 0) is 44.4 Å². The SMILES string of the molecule is C=CCN1CCCCC1C(=O)Nc1c(C)cccc1C. The third-order valence-corrected chi connectivity index (χ3v) is 4.01. The molecule has 1 aromatic carbocycles. The number of anilines is 1. The maximum absolute atomic E-state index is 12.6. The van der Waals surface area contributed by atoms with E-state index in [1.165, 1.54) is 6.42 Å². The van der Waals surface area contributed by atoms with Gasteiger partial charge in [-0.1, -0.05) is 30.7 Å². The molecule has 1 fully saturated rings. The summed E-state index contributed by atoms with van der Waals surface area (Å²) < 4.78 is 0. The minimum Gasteiger partial charge on any atom is -0.324 e. The Morgan fingerprint density at radius 1 is 1.40 bits per heavy atom. The maximum atomic E-state index is 12.6. The normalized spacial score (nSPS) is 19.6. The lowest BCUT2D eigenvalue weighted by atomic mass is 10.0. The molecule has 3 heteroatoms. The number of benzene rings is 1. The van der Waals surface area contributed by atoms with E-state index in [4.69, 9.17) is 0 Å². The number of hydrogen-bond donors (Lipinski definition) is 1. The van der Waals surface area contributed by atoms with Crippen LogP contribution in [0.2, 0.25) is 0 Å². The van der Waals surface area contributed by atoms with Gasteiger partial charge in [0, 0.05) is 12.2 Å². The number of carbonyl (C=O) groups is 1. The molecule has 0 radical (unpaired) electrons. The van der Waals surface area contributed by atoms with Gasteiger partial charge in [-0.15, -0.1) is 6.58 Å². The van der Waals surface area contributed by atoms with Crippen LogP contribution in [0.4, 0.5) is 5.69 Å². The van der Waals surface area contributed by atoms with Crippen molar-refractivity contribution < 1.29 is 4.79 Å². The van der Waals surface area contributed by atoms with Crippen molar-refractivity contribution in [2.75, 3.05) is 18.4 Å². The highest BCUT2D eigenvalue weighted by Crippen LogP contribution is 2.22. The third-order valence-electron chi connectivity index (χ3n) is 4.01. The smallest absolute Gasteiger partial charge is 0.241 e. The molecule has 1 saturated heterocycles. The first-order valence-corrected chi connectivity index (χ1v) is 7.35. The first kappa shape index (κ1) is 14.8. The minimum absolute atomic E-state index is 0.0271. The summed E-state index contributed by atoms with van der Waals surface area (Å²) in [6.07, 6.45) is 5.11. The number of nitrogens with zero attached hydrogens (tertiary/aromatic N) is 1. The molecule has 1 aromatic rings. The van der Waals surface area contributed by atoms with E-state index < -0.39 is 0 Å². The summed E-state index contributed by atoms with van der Waals surface area (Å²) >= 11 is 0. The lowest BCUT2D eigenvalue weighted by molar-refractivity contribution is -0.122. The average molecular weight is 272 g/mol. The van der Waals surface area contributed by atoms with Crippen LogP contribution in [0.1, 0.15) is 30.4 Å². The van der Waals surface area contributed by atoms with Gasteiger partial charge in [-0.25, -0.2) is 0 Å². The van der Waals surface area contributed by atoms with E-state index in [0.717, 1.165) is 42.7 Å². The van der Waals surface area contributed by atoms with Crippen LogP contribution in [0.3, 0.4) is 0 Å². The predicted octanol–water partition coefficient (Wildman–Crippen LogP) is 3.28. The van der Waals surface area contributed by atoms with Crippen LogP contribution in [0, 0.1) is 13.8 Å². The summed E-state index contributed by atoms with van der Waals surface area (Å²) in [5.41, 5.74) is 3.19. The fourth-order valence-corrected chi connectivity index (χ4v) is 2.89. The van der Waals surface area contributed by atoms with Gasteiger partial charge >= 0.3 is 0 Å². The van der Waals surface area contributed by atoms with Crippen molar-refractivity contribution in [3.05, 3.63) is 42.0 Å². The highest BCUT2D eigenvalue weighted by molar-refractivity contribution is 5.96. The van der Waals surface area contributed by atoms with E-state index in [1.807, 2.05) is 38.1 Å². The second kappa shape index (κ2) is 6.71. The Hall–Kier alpha value is -1.61. The maximum Gasteiger partial charge on any atom is 0.241 e. The summed E-state index contributed by atoms with van der Waals surface area (Å²) in [6.45, 7) is 9.62. The van der Waals surface area contributed by atoms with Crippen LogP contribution in [0.5, 0.6) is 0 Å². The fourth-order valence-electron chi connectivity index (χ4n) is 2.89. The molecule has 2 rings (SSSR count). The highest BCUT2D eigenvalue weighted by atomic mass is 16.2. The monoisotopic (exact) mass is 272 g/mol. The van der Waals surface area contributed by atoms with E-state index in [2.05, 4.69) is 16.8 Å². The molecule has 20 heavy (non-hydrogen) atoms. The van der Waals surface area contributed by atoms with Crippen LogP contribution in [0.25, 0.3) is 0 Å². The quantitative estimate of drug-likeness (QED) is 0.853. The molecular weight excluding hydrogens is 248 g/mol. The summed E-state index contributed by atoms with van der Waals surface area (Å²) in [4.78, 5) is 14.8. The Labute approximate surface area is 121 Å². The molecule has 1 N–H and O–H groups in total. The Kier molecular flexibility index (Phi) is 4.96. The predicted molar refractivity (Wildman–Crippen MR) is 84.0 cm³/mol. The number of carbonyl (C=O) groups excluding carboxylic acids is 1. The van der Waals surface area contributed by atoms with Gasteiger partial charge in [-0.3, -0.25) is 9.69 Å². The standard InChI is InChI=1S/C17H24N2O/c1-4-11-19-12-6-5-10-15(19)17(20)18-16-13(2)8-7-9-14(16)3/h4,7-9,15H,1,5-6,10-12H2,2-3H3,(H,18,20). The Morgan fingerprint density at radius 2 is 2.10 bits per heavy atom. The summed E-state index contributed by atoms with van der Waals surface area (Å²) in [7, 11) is 0. The summed E-state index contributed by atoms with van der Waals surface area (Å²) in [6, 6.07) is 6.06. The third kappa shape index (κ3) is 3.28. The van der Waals surface area contributed by atoms with Crippen LogP contribution in [-0.4, -0.2) is 29.9 Å². The van der Waals surface area contributed by atoms with Gasteiger partial charge in [0.15, 0.2) is 0 Å². The molecule has 0 spiro atoms. The van der Waals surface area contributed by atoms with E-state index in [0.29, 0.717) is 0 Å². The van der Waals surface area contributed by atoms with Crippen molar-refractivity contribution in [3.8, 4) is 0 Å². The van der Waals surface area contributed by atoms with Crippen LogP contribution >= 0.6 is 0 Å². The van der Waals surface area contributed by atoms with Crippen LogP contribution < -0.4 is 5.32 Å². The zero-order valence-electron chi connectivity index (χ0n) is 12.5. The number of likely N-dealkylation sites (tertiary alicyclic amines) is 1. The van der Waals surface area contributed by atoms with E-state index >= 15 is 0 Å². The molecule has 0 aliphatic carbocycles. The van der Waals surface area contributed by atoms with Gasteiger partial charge in [0.1, 0.15) is 0 Å². The van der Waals surface area contributed by atoms with Gasteiger partial charge < -0.3 is 5.32 Å². The number of nitrogens with one attached hydrogen (secondary N) is 1. The van der Waals surface area contributed by atoms with E-state index in [-0.39, 0.29) is 11.9 Å². The molecule has 1 amide bonds. The van der Waals surface area contributed by atoms with Crippen molar-refractivity contribution in [1.82, 2.24) is 4.90 Å². The number of rotatable bonds is 4. The molecule has 3 nitrogen and oxygen atoms in total. The lowest BCUT2D eigenvalue weighted by Gasteiger charge is -2.34. The zero-order chi connectivity index (χ0) is 14.5. The fraction of sp³-hybridized carbons (Fsp3) is 0.471. The summed E-state index contributed by atoms with van der Waals surface area (Å²) in [5.74, 6) is 0.115. The lowest BCUT2D eigenvalue weighted by Crippen LogP contribution is -2.47. The molecule has 1 unspecified atom stereocenters. The van der Waals surface area contributed by atoms with E-state index in [9.17, 15) is 4.79 Å². The van der Waals surface area contributed by atoms with Crippen LogP contribution in [-0.2, 0) is 4.79 Å². The van der Waals surface area contributed by atoms with Gasteiger partial charge in [0.2, 0.25) is 5.91 Å². The minimum atomic E-state index is -0.0271. The number of piperidine rings is 1. The zero-order valence-corrected chi connectivity index (χ0v) is 12.5. The first-order valence-electron chi connectivity index (χ1n) is 7.35. The first-order chi connectivity index (χ1) is 9.63. The van der Waals surface area contributed by atoms with Gasteiger partial charge in [-0.2, -0.15) is 0 Å². The number of hydrogen-bond acceptors (Lipinski definition) is 2. The van der Waals surface area contributed by atoms with Gasteiger partial charge in [0.05, 0.1) is 6.04 Å². The van der Waals surface area contributed by atoms with Crippen molar-refractivity contribution in [2.45, 2.75) is 39.2 Å². The molecule has 108 valence electrons. The Morgan fingerprint density at radius 3 is 2.75 bits per heavy atom. The molecule has 0 aromatic heterocycles. The molecule has 1 heterocycles. The van der Waals surface area contributed by atoms with Crippen molar-refractivity contribution in [3.63, 3.8) is 0 Å². The Bertz CT molecular complexity index is 476.